The molecule has 0 aliphatic carbocycles. The number of thiophene rings is 1. The van der Waals surface area contributed by atoms with Gasteiger partial charge in [0.15, 0.2) is 12.7 Å². The Hall–Kier alpha value is -2.87. The van der Waals surface area contributed by atoms with Gasteiger partial charge in [-0.15, -0.1) is 11.3 Å². The number of ether oxygens (including phenoxy) is 3. The molecule has 0 aliphatic heterocycles. The smallest absolute Gasteiger partial charge is 0.347 e. The minimum Gasteiger partial charge on any atom is -0.479 e. The number of esters is 2. The van der Waals surface area contributed by atoms with E-state index in [1.165, 1.54) is 11.3 Å². The molecule has 0 saturated heterocycles. The average Bonchev–Trinajstić information content (AvgIpc) is 3.11. The van der Waals surface area contributed by atoms with Crippen LogP contribution >= 0.6 is 11.3 Å². The van der Waals surface area contributed by atoms with Crippen molar-refractivity contribution in [3.05, 3.63) is 46.8 Å². The Kier molecular flexibility index (Phi) is 8.21. The lowest BCUT2D eigenvalue weighted by atomic mass is 10.1. The van der Waals surface area contributed by atoms with E-state index in [2.05, 4.69) is 5.32 Å². The van der Waals surface area contributed by atoms with E-state index < -0.39 is 30.6 Å². The third kappa shape index (κ3) is 6.60. The van der Waals surface area contributed by atoms with Crippen LogP contribution in [0.5, 0.6) is 5.75 Å². The Morgan fingerprint density at radius 1 is 1.07 bits per heavy atom. The molecule has 2 rings (SSSR count). The van der Waals surface area contributed by atoms with Crippen LogP contribution in [0, 0.1) is 0 Å². The van der Waals surface area contributed by atoms with Gasteiger partial charge in [0.25, 0.3) is 5.91 Å². The summed E-state index contributed by atoms with van der Waals surface area (Å²) in [5, 5.41) is 3.01. The SMILES string of the molecule is CCOC(=O)c1cc(C(C)C)sc1NC(=O)COC(=O)[C@@H](C)Oc1ccccc1. The molecule has 156 valence electrons. The molecule has 1 aromatic heterocycles. The maximum absolute atomic E-state index is 12.2. The van der Waals surface area contributed by atoms with Crippen LogP contribution in [0.25, 0.3) is 0 Å². The first kappa shape index (κ1) is 22.4. The topological polar surface area (TPSA) is 90.9 Å². The van der Waals surface area contributed by atoms with Crippen LogP contribution in [0.3, 0.4) is 0 Å². The van der Waals surface area contributed by atoms with Crippen molar-refractivity contribution in [2.75, 3.05) is 18.5 Å². The van der Waals surface area contributed by atoms with E-state index in [-0.39, 0.29) is 12.5 Å². The Labute approximate surface area is 174 Å². The fraction of sp³-hybridized carbons (Fsp3) is 0.381. The van der Waals surface area contributed by atoms with Gasteiger partial charge in [0, 0.05) is 4.88 Å². The Balaban J connectivity index is 1.94. The number of anilines is 1. The van der Waals surface area contributed by atoms with Crippen molar-refractivity contribution in [1.29, 1.82) is 0 Å². The first-order chi connectivity index (χ1) is 13.8. The maximum Gasteiger partial charge on any atom is 0.347 e. The monoisotopic (exact) mass is 419 g/mol. The van der Waals surface area contributed by atoms with Crippen LogP contribution in [0.4, 0.5) is 5.00 Å². The van der Waals surface area contributed by atoms with Crippen molar-refractivity contribution in [2.45, 2.75) is 39.7 Å². The molecule has 0 aliphatic rings. The number of carbonyl (C=O) groups is 3. The summed E-state index contributed by atoms with van der Waals surface area (Å²) in [6, 6.07) is 10.6. The standard InChI is InChI=1S/C21H25NO6S/c1-5-26-21(25)16-11-17(13(2)3)29-19(16)22-18(23)12-27-20(24)14(4)28-15-9-7-6-8-10-15/h6-11,13-14H,5,12H2,1-4H3,(H,22,23)/t14-/m1/s1. The molecule has 0 saturated carbocycles. The highest BCUT2D eigenvalue weighted by Gasteiger charge is 2.22. The summed E-state index contributed by atoms with van der Waals surface area (Å²) >= 11 is 1.29. The second-order valence-electron chi connectivity index (χ2n) is 6.50. The predicted molar refractivity (Wildman–Crippen MR) is 110 cm³/mol. The molecule has 0 bridgehead atoms. The van der Waals surface area contributed by atoms with Gasteiger partial charge in [-0.05, 0) is 38.0 Å². The largest absolute Gasteiger partial charge is 0.479 e. The number of rotatable bonds is 9. The second-order valence-corrected chi connectivity index (χ2v) is 7.58. The summed E-state index contributed by atoms with van der Waals surface area (Å²) in [4.78, 5) is 37.4. The van der Waals surface area contributed by atoms with Gasteiger partial charge < -0.3 is 19.5 Å². The second kappa shape index (κ2) is 10.6. The summed E-state index contributed by atoms with van der Waals surface area (Å²) in [5.74, 6) is -1.00. The molecule has 0 fully saturated rings. The van der Waals surface area contributed by atoms with Crippen LogP contribution in [0.1, 0.15) is 48.8 Å². The van der Waals surface area contributed by atoms with Crippen molar-refractivity contribution in [3.63, 3.8) is 0 Å². The lowest BCUT2D eigenvalue weighted by Crippen LogP contribution is -2.29. The number of benzene rings is 1. The third-order valence-corrected chi connectivity index (χ3v) is 5.15. The minimum absolute atomic E-state index is 0.188. The molecular formula is C21H25NO6S. The number of para-hydroxylation sites is 1. The molecule has 0 unspecified atom stereocenters. The first-order valence-corrected chi connectivity index (χ1v) is 10.1. The summed E-state index contributed by atoms with van der Waals surface area (Å²) < 4.78 is 15.5. The number of nitrogens with one attached hydrogen (secondary N) is 1. The van der Waals surface area contributed by atoms with Crippen LogP contribution < -0.4 is 10.1 Å². The predicted octanol–water partition coefficient (Wildman–Crippen LogP) is 4.00. The molecular weight excluding hydrogens is 394 g/mol. The van der Waals surface area contributed by atoms with E-state index >= 15 is 0 Å². The maximum atomic E-state index is 12.2. The van der Waals surface area contributed by atoms with Crippen molar-refractivity contribution in [2.24, 2.45) is 0 Å². The van der Waals surface area contributed by atoms with E-state index in [1.807, 2.05) is 19.9 Å². The highest BCUT2D eigenvalue weighted by molar-refractivity contribution is 7.16. The first-order valence-electron chi connectivity index (χ1n) is 9.30. The molecule has 8 heteroatoms. The van der Waals surface area contributed by atoms with Crippen molar-refractivity contribution in [1.82, 2.24) is 0 Å². The van der Waals surface area contributed by atoms with Crippen molar-refractivity contribution in [3.8, 4) is 5.75 Å². The van der Waals surface area contributed by atoms with Gasteiger partial charge in [0.2, 0.25) is 0 Å². The zero-order valence-corrected chi connectivity index (χ0v) is 17.7. The molecule has 2 aromatic rings. The number of hydrogen-bond acceptors (Lipinski definition) is 7. The minimum atomic E-state index is -0.866. The van der Waals surface area contributed by atoms with Crippen LogP contribution in [-0.2, 0) is 19.1 Å². The molecule has 1 N–H and O–H groups in total. The van der Waals surface area contributed by atoms with Crippen LogP contribution in [0.15, 0.2) is 36.4 Å². The zero-order chi connectivity index (χ0) is 21.4. The van der Waals surface area contributed by atoms with Gasteiger partial charge in [0.05, 0.1) is 12.2 Å². The van der Waals surface area contributed by atoms with Gasteiger partial charge in [-0.1, -0.05) is 32.0 Å². The number of hydrogen-bond donors (Lipinski definition) is 1. The third-order valence-electron chi connectivity index (χ3n) is 3.80. The molecule has 1 aromatic carbocycles. The van der Waals surface area contributed by atoms with Gasteiger partial charge in [-0.2, -0.15) is 0 Å². The summed E-state index contributed by atoms with van der Waals surface area (Å²) in [6.07, 6.45) is -0.866. The Morgan fingerprint density at radius 3 is 2.38 bits per heavy atom. The lowest BCUT2D eigenvalue weighted by molar-refractivity contribution is -0.153. The zero-order valence-electron chi connectivity index (χ0n) is 16.9. The quantitative estimate of drug-likeness (QED) is 0.618. The van der Waals surface area contributed by atoms with E-state index in [4.69, 9.17) is 14.2 Å². The summed E-state index contributed by atoms with van der Waals surface area (Å²) in [6.45, 7) is 6.98. The summed E-state index contributed by atoms with van der Waals surface area (Å²) in [7, 11) is 0. The summed E-state index contributed by atoms with van der Waals surface area (Å²) in [5.41, 5.74) is 0.293. The number of carbonyl (C=O) groups excluding carboxylic acids is 3. The van der Waals surface area contributed by atoms with Crippen molar-refractivity contribution < 1.29 is 28.6 Å². The van der Waals surface area contributed by atoms with Gasteiger partial charge in [-0.25, -0.2) is 9.59 Å². The van der Waals surface area contributed by atoms with Gasteiger partial charge in [-0.3, -0.25) is 4.79 Å². The number of amides is 1. The van der Waals surface area contributed by atoms with Crippen molar-refractivity contribution >= 4 is 34.2 Å². The lowest BCUT2D eigenvalue weighted by Gasteiger charge is -2.13. The van der Waals surface area contributed by atoms with E-state index in [9.17, 15) is 14.4 Å². The molecule has 29 heavy (non-hydrogen) atoms. The highest BCUT2D eigenvalue weighted by Crippen LogP contribution is 2.33. The molecule has 0 radical (unpaired) electrons. The Morgan fingerprint density at radius 2 is 1.76 bits per heavy atom. The fourth-order valence-electron chi connectivity index (χ4n) is 2.32. The normalized spacial score (nSPS) is 11.6. The molecule has 7 nitrogen and oxygen atoms in total. The van der Waals surface area contributed by atoms with E-state index in [0.29, 0.717) is 16.3 Å². The van der Waals surface area contributed by atoms with Gasteiger partial charge in [0.1, 0.15) is 10.8 Å². The molecule has 1 heterocycles. The fourth-order valence-corrected chi connectivity index (χ4v) is 3.38. The highest BCUT2D eigenvalue weighted by atomic mass is 32.1. The van der Waals surface area contributed by atoms with E-state index in [1.54, 1.807) is 44.2 Å². The van der Waals surface area contributed by atoms with Gasteiger partial charge >= 0.3 is 11.9 Å². The van der Waals surface area contributed by atoms with Crippen LogP contribution in [0.2, 0.25) is 0 Å². The van der Waals surface area contributed by atoms with Crippen LogP contribution in [-0.4, -0.2) is 37.2 Å². The molecule has 1 amide bonds. The molecule has 1 atom stereocenters. The Bertz CT molecular complexity index is 846. The average molecular weight is 419 g/mol. The van der Waals surface area contributed by atoms with E-state index in [0.717, 1.165) is 4.88 Å². The molecule has 0 spiro atoms.